The molecule has 0 aliphatic heterocycles. The molecule has 36 heavy (non-hydrogen) atoms. The van der Waals surface area contributed by atoms with Crippen molar-refractivity contribution in [2.45, 2.75) is 20.8 Å². The van der Waals surface area contributed by atoms with Gasteiger partial charge in [0.2, 0.25) is 0 Å². The van der Waals surface area contributed by atoms with E-state index in [1.165, 1.54) is 27.8 Å². The fraction of sp³-hybridized carbons (Fsp3) is 0.0909. The Hall–Kier alpha value is -4.50. The van der Waals surface area contributed by atoms with Gasteiger partial charge in [0.15, 0.2) is 5.76 Å². The van der Waals surface area contributed by atoms with Crippen LogP contribution >= 0.6 is 0 Å². The van der Waals surface area contributed by atoms with Gasteiger partial charge in [0.05, 0.1) is 5.69 Å². The third kappa shape index (κ3) is 3.99. The second-order valence-electron chi connectivity index (χ2n) is 9.33. The number of furan rings is 1. The SMILES string of the molecule is Cc1cccc(-c2ccc(-c3cc(C)ccn3)cc2-c2ccc3oc(-c4ccccn4)c(C)c3c2)c1. The molecule has 0 radical (unpaired) electrons. The molecule has 0 bridgehead atoms. The molecule has 0 saturated carbocycles. The number of hydrogen-bond acceptors (Lipinski definition) is 3. The van der Waals surface area contributed by atoms with E-state index in [0.717, 1.165) is 44.8 Å². The molecule has 3 aromatic carbocycles. The molecule has 0 amide bonds. The molecule has 6 aromatic rings. The Labute approximate surface area is 211 Å². The number of pyridine rings is 2. The van der Waals surface area contributed by atoms with Gasteiger partial charge in [-0.3, -0.25) is 9.97 Å². The first kappa shape index (κ1) is 22.0. The summed E-state index contributed by atoms with van der Waals surface area (Å²) in [6.45, 7) is 6.34. The maximum Gasteiger partial charge on any atom is 0.156 e. The zero-order valence-corrected chi connectivity index (χ0v) is 20.6. The molecular formula is C33H26N2O. The second-order valence-corrected chi connectivity index (χ2v) is 9.33. The highest BCUT2D eigenvalue weighted by atomic mass is 16.3. The average Bonchev–Trinajstić information content (AvgIpc) is 3.24. The lowest BCUT2D eigenvalue weighted by Crippen LogP contribution is -1.90. The summed E-state index contributed by atoms with van der Waals surface area (Å²) in [4.78, 5) is 9.14. The summed E-state index contributed by atoms with van der Waals surface area (Å²) in [7, 11) is 0. The summed E-state index contributed by atoms with van der Waals surface area (Å²) >= 11 is 0. The van der Waals surface area contributed by atoms with E-state index in [1.54, 1.807) is 6.20 Å². The lowest BCUT2D eigenvalue weighted by atomic mass is 9.90. The van der Waals surface area contributed by atoms with Crippen LogP contribution in [0, 0.1) is 20.8 Å². The Kier molecular flexibility index (Phi) is 5.46. The molecule has 3 heteroatoms. The van der Waals surface area contributed by atoms with Gasteiger partial charge in [0.1, 0.15) is 11.3 Å². The molecular weight excluding hydrogens is 440 g/mol. The van der Waals surface area contributed by atoms with Crippen LogP contribution in [-0.4, -0.2) is 9.97 Å². The first-order chi connectivity index (χ1) is 17.6. The molecule has 0 N–H and O–H groups in total. The summed E-state index contributed by atoms with van der Waals surface area (Å²) in [6.07, 6.45) is 3.67. The van der Waals surface area contributed by atoms with Gasteiger partial charge in [0, 0.05) is 28.9 Å². The highest BCUT2D eigenvalue weighted by molar-refractivity contribution is 5.94. The van der Waals surface area contributed by atoms with Crippen LogP contribution in [0.5, 0.6) is 0 Å². The minimum Gasteiger partial charge on any atom is -0.454 e. The molecule has 0 aliphatic rings. The van der Waals surface area contributed by atoms with E-state index in [9.17, 15) is 0 Å². The van der Waals surface area contributed by atoms with Crippen molar-refractivity contribution in [3.63, 3.8) is 0 Å². The van der Waals surface area contributed by atoms with Gasteiger partial charge >= 0.3 is 0 Å². The van der Waals surface area contributed by atoms with Gasteiger partial charge in [0.25, 0.3) is 0 Å². The molecule has 0 unspecified atom stereocenters. The molecule has 0 fully saturated rings. The predicted molar refractivity (Wildman–Crippen MR) is 148 cm³/mol. The lowest BCUT2D eigenvalue weighted by Gasteiger charge is -2.14. The highest BCUT2D eigenvalue weighted by Crippen LogP contribution is 2.39. The molecule has 0 atom stereocenters. The van der Waals surface area contributed by atoms with Gasteiger partial charge < -0.3 is 4.42 Å². The Morgan fingerprint density at radius 3 is 2.17 bits per heavy atom. The number of aryl methyl sites for hydroxylation is 3. The van der Waals surface area contributed by atoms with Crippen LogP contribution in [0.1, 0.15) is 16.7 Å². The smallest absolute Gasteiger partial charge is 0.156 e. The molecule has 174 valence electrons. The molecule has 0 saturated heterocycles. The number of aromatic nitrogens is 2. The molecule has 3 aromatic heterocycles. The number of fused-ring (bicyclic) bond motifs is 1. The van der Waals surface area contributed by atoms with Gasteiger partial charge in [-0.05, 0) is 91.1 Å². The molecule has 0 spiro atoms. The summed E-state index contributed by atoms with van der Waals surface area (Å²) in [5.41, 5.74) is 12.0. The zero-order valence-electron chi connectivity index (χ0n) is 20.6. The van der Waals surface area contributed by atoms with E-state index >= 15 is 0 Å². The average molecular weight is 467 g/mol. The zero-order chi connectivity index (χ0) is 24.6. The van der Waals surface area contributed by atoms with E-state index < -0.39 is 0 Å². The van der Waals surface area contributed by atoms with Crippen molar-refractivity contribution in [3.05, 3.63) is 120 Å². The van der Waals surface area contributed by atoms with Crippen LogP contribution < -0.4 is 0 Å². The Balaban J connectivity index is 1.56. The van der Waals surface area contributed by atoms with Crippen LogP contribution in [0.4, 0.5) is 0 Å². The van der Waals surface area contributed by atoms with Crippen LogP contribution in [0.2, 0.25) is 0 Å². The third-order valence-corrected chi connectivity index (χ3v) is 6.70. The topological polar surface area (TPSA) is 38.9 Å². The monoisotopic (exact) mass is 466 g/mol. The Bertz CT molecular complexity index is 1710. The summed E-state index contributed by atoms with van der Waals surface area (Å²) < 4.78 is 6.24. The fourth-order valence-corrected chi connectivity index (χ4v) is 4.83. The summed E-state index contributed by atoms with van der Waals surface area (Å²) in [5, 5.41) is 1.10. The minimum absolute atomic E-state index is 0.819. The number of nitrogens with zero attached hydrogens (tertiary/aromatic N) is 2. The Morgan fingerprint density at radius 1 is 0.556 bits per heavy atom. The van der Waals surface area contributed by atoms with E-state index in [-0.39, 0.29) is 0 Å². The van der Waals surface area contributed by atoms with Gasteiger partial charge in [-0.25, -0.2) is 0 Å². The predicted octanol–water partition coefficient (Wildman–Crippen LogP) is 8.82. The van der Waals surface area contributed by atoms with E-state index in [1.807, 2.05) is 30.5 Å². The first-order valence-electron chi connectivity index (χ1n) is 12.2. The van der Waals surface area contributed by atoms with Crippen molar-refractivity contribution < 1.29 is 4.42 Å². The summed E-state index contributed by atoms with van der Waals surface area (Å²) in [6, 6.07) is 31.8. The largest absolute Gasteiger partial charge is 0.454 e. The standard InChI is InChI=1S/C33H26N2O/c1-21-7-6-8-24(17-21)27-12-10-26(31-18-22(2)14-16-35-31)20-29(27)25-11-13-32-28(19-25)23(3)33(36-32)30-9-4-5-15-34-30/h4-20H,1-3H3. The van der Waals surface area contributed by atoms with E-state index in [4.69, 9.17) is 4.42 Å². The van der Waals surface area contributed by atoms with Crippen molar-refractivity contribution in [3.8, 4) is 45.0 Å². The number of hydrogen-bond donors (Lipinski definition) is 0. The normalized spacial score (nSPS) is 11.2. The Morgan fingerprint density at radius 2 is 1.36 bits per heavy atom. The molecule has 3 nitrogen and oxygen atoms in total. The molecule has 0 aliphatic carbocycles. The molecule has 3 heterocycles. The minimum atomic E-state index is 0.819. The van der Waals surface area contributed by atoms with Crippen LogP contribution in [-0.2, 0) is 0 Å². The quantitative estimate of drug-likeness (QED) is 0.260. The van der Waals surface area contributed by atoms with Crippen LogP contribution in [0.15, 0.2) is 108 Å². The summed E-state index contributed by atoms with van der Waals surface area (Å²) in [5.74, 6) is 0.819. The third-order valence-electron chi connectivity index (χ3n) is 6.70. The first-order valence-corrected chi connectivity index (χ1v) is 12.2. The van der Waals surface area contributed by atoms with Crippen molar-refractivity contribution in [2.24, 2.45) is 0 Å². The maximum absolute atomic E-state index is 6.24. The number of rotatable bonds is 4. The lowest BCUT2D eigenvalue weighted by molar-refractivity contribution is 0.626. The number of benzene rings is 3. The second kappa shape index (κ2) is 8.94. The van der Waals surface area contributed by atoms with Crippen LogP contribution in [0.25, 0.3) is 55.9 Å². The van der Waals surface area contributed by atoms with Gasteiger partial charge in [-0.2, -0.15) is 0 Å². The van der Waals surface area contributed by atoms with Gasteiger partial charge in [-0.1, -0.05) is 54.1 Å². The van der Waals surface area contributed by atoms with E-state index in [2.05, 4.69) is 97.5 Å². The van der Waals surface area contributed by atoms with Crippen LogP contribution in [0.3, 0.4) is 0 Å². The van der Waals surface area contributed by atoms with Crippen molar-refractivity contribution in [1.29, 1.82) is 0 Å². The van der Waals surface area contributed by atoms with Gasteiger partial charge in [-0.15, -0.1) is 0 Å². The highest BCUT2D eigenvalue weighted by Gasteiger charge is 2.16. The van der Waals surface area contributed by atoms with E-state index in [0.29, 0.717) is 0 Å². The van der Waals surface area contributed by atoms with Crippen molar-refractivity contribution >= 4 is 11.0 Å². The van der Waals surface area contributed by atoms with Crippen molar-refractivity contribution in [2.75, 3.05) is 0 Å². The molecule has 6 rings (SSSR count). The fourth-order valence-electron chi connectivity index (χ4n) is 4.83. The van der Waals surface area contributed by atoms with Crippen molar-refractivity contribution in [1.82, 2.24) is 9.97 Å². The maximum atomic E-state index is 6.24.